The molecule has 0 aliphatic heterocycles. The SMILES string of the molecule is C=C1CCC(=O)C2(C)CC2CC(C)(C)CC1O. The van der Waals surface area contributed by atoms with Gasteiger partial charge in [-0.15, -0.1) is 0 Å². The van der Waals surface area contributed by atoms with E-state index in [1.54, 1.807) is 0 Å². The normalized spacial score (nSPS) is 41.9. The Hall–Kier alpha value is -0.630. The van der Waals surface area contributed by atoms with E-state index in [1.165, 1.54) is 0 Å². The number of aliphatic hydroxyl groups excluding tert-OH is 1. The highest BCUT2D eigenvalue weighted by atomic mass is 16.3. The van der Waals surface area contributed by atoms with E-state index in [0.29, 0.717) is 24.5 Å². The lowest BCUT2D eigenvalue weighted by molar-refractivity contribution is -0.124. The first-order valence-electron chi connectivity index (χ1n) is 6.64. The smallest absolute Gasteiger partial charge is 0.139 e. The van der Waals surface area contributed by atoms with Crippen molar-refractivity contribution in [3.8, 4) is 0 Å². The van der Waals surface area contributed by atoms with Gasteiger partial charge < -0.3 is 5.11 Å². The van der Waals surface area contributed by atoms with E-state index < -0.39 is 6.10 Å². The van der Waals surface area contributed by atoms with Crippen LogP contribution in [0.1, 0.15) is 52.9 Å². The number of hydrogen-bond donors (Lipinski definition) is 1. The Morgan fingerprint density at radius 1 is 1.18 bits per heavy atom. The van der Waals surface area contributed by atoms with Gasteiger partial charge in [-0.2, -0.15) is 0 Å². The standard InChI is InChI=1S/C15H24O2/c1-10-5-6-13(17)15(4)8-11(15)7-14(2,3)9-12(10)16/h11-12,16H,1,5-9H2,2-4H3. The predicted molar refractivity (Wildman–Crippen MR) is 68.6 cm³/mol. The maximum atomic E-state index is 12.1. The highest BCUT2D eigenvalue weighted by molar-refractivity contribution is 5.87. The third-order valence-corrected chi connectivity index (χ3v) is 4.74. The molecule has 0 aromatic heterocycles. The van der Waals surface area contributed by atoms with Crippen molar-refractivity contribution in [2.45, 2.75) is 59.0 Å². The fourth-order valence-electron chi connectivity index (χ4n) is 3.24. The molecule has 2 heteroatoms. The summed E-state index contributed by atoms with van der Waals surface area (Å²) in [4.78, 5) is 12.1. The van der Waals surface area contributed by atoms with Gasteiger partial charge in [0.15, 0.2) is 0 Å². The van der Waals surface area contributed by atoms with Gasteiger partial charge in [0, 0.05) is 11.8 Å². The molecule has 2 aliphatic rings. The molecule has 0 heterocycles. The van der Waals surface area contributed by atoms with Crippen molar-refractivity contribution >= 4 is 5.78 Å². The summed E-state index contributed by atoms with van der Waals surface area (Å²) in [5.74, 6) is 0.900. The van der Waals surface area contributed by atoms with Crippen LogP contribution in [0.5, 0.6) is 0 Å². The quantitative estimate of drug-likeness (QED) is 0.656. The Balaban J connectivity index is 2.17. The predicted octanol–water partition coefficient (Wildman–Crippen LogP) is 3.10. The van der Waals surface area contributed by atoms with Gasteiger partial charge in [0.25, 0.3) is 0 Å². The summed E-state index contributed by atoms with van der Waals surface area (Å²) in [6.45, 7) is 10.4. The molecule has 2 fully saturated rings. The molecule has 2 nitrogen and oxygen atoms in total. The highest BCUT2D eigenvalue weighted by Crippen LogP contribution is 2.59. The van der Waals surface area contributed by atoms with Gasteiger partial charge in [-0.1, -0.05) is 27.4 Å². The molecular weight excluding hydrogens is 212 g/mol. The molecule has 3 unspecified atom stereocenters. The van der Waals surface area contributed by atoms with Crippen LogP contribution in [0.15, 0.2) is 12.2 Å². The zero-order valence-corrected chi connectivity index (χ0v) is 11.3. The van der Waals surface area contributed by atoms with Crippen molar-refractivity contribution in [1.29, 1.82) is 0 Å². The molecule has 0 spiro atoms. The van der Waals surface area contributed by atoms with Crippen LogP contribution in [0.4, 0.5) is 0 Å². The Morgan fingerprint density at radius 2 is 1.82 bits per heavy atom. The minimum atomic E-state index is -0.444. The summed E-state index contributed by atoms with van der Waals surface area (Å²) in [5.41, 5.74) is 0.858. The Bertz CT molecular complexity index is 356. The first-order valence-corrected chi connectivity index (χ1v) is 6.64. The molecule has 1 N–H and O–H groups in total. The minimum Gasteiger partial charge on any atom is -0.389 e. The van der Waals surface area contributed by atoms with E-state index in [9.17, 15) is 9.90 Å². The van der Waals surface area contributed by atoms with Gasteiger partial charge in [-0.25, -0.2) is 0 Å². The molecular formula is C15H24O2. The second-order valence-corrected chi connectivity index (χ2v) is 6.99. The van der Waals surface area contributed by atoms with E-state index in [2.05, 4.69) is 27.4 Å². The second kappa shape index (κ2) is 3.94. The first-order chi connectivity index (χ1) is 7.74. The highest BCUT2D eigenvalue weighted by Gasteiger charge is 2.56. The maximum absolute atomic E-state index is 12.1. The van der Waals surface area contributed by atoms with Crippen molar-refractivity contribution in [2.75, 3.05) is 0 Å². The van der Waals surface area contributed by atoms with Crippen molar-refractivity contribution < 1.29 is 9.90 Å². The molecule has 0 aromatic carbocycles. The molecule has 17 heavy (non-hydrogen) atoms. The molecule has 3 atom stereocenters. The molecule has 0 radical (unpaired) electrons. The third-order valence-electron chi connectivity index (χ3n) is 4.74. The number of carbonyl (C=O) groups excluding carboxylic acids is 1. The lowest BCUT2D eigenvalue weighted by Gasteiger charge is -2.30. The zero-order chi connectivity index (χ0) is 12.8. The molecule has 2 rings (SSSR count). The number of Topliss-reactive ketones (excluding diaryl/α,β-unsaturated/α-hetero) is 1. The van der Waals surface area contributed by atoms with Gasteiger partial charge in [-0.3, -0.25) is 4.79 Å². The van der Waals surface area contributed by atoms with Crippen LogP contribution >= 0.6 is 0 Å². The van der Waals surface area contributed by atoms with Crippen LogP contribution in [0.25, 0.3) is 0 Å². The van der Waals surface area contributed by atoms with Gasteiger partial charge in [0.05, 0.1) is 6.10 Å². The fraction of sp³-hybridized carbons (Fsp3) is 0.800. The number of ketones is 1. The number of aliphatic hydroxyl groups is 1. The summed E-state index contributed by atoms with van der Waals surface area (Å²) in [6.07, 6.45) is 3.62. The maximum Gasteiger partial charge on any atom is 0.139 e. The zero-order valence-electron chi connectivity index (χ0n) is 11.3. The molecule has 0 bridgehead atoms. The largest absolute Gasteiger partial charge is 0.389 e. The average molecular weight is 236 g/mol. The van der Waals surface area contributed by atoms with Crippen molar-refractivity contribution in [3.63, 3.8) is 0 Å². The van der Waals surface area contributed by atoms with Crippen molar-refractivity contribution in [1.82, 2.24) is 0 Å². The van der Waals surface area contributed by atoms with Crippen LogP contribution < -0.4 is 0 Å². The molecule has 96 valence electrons. The Labute approximate surface area is 104 Å². The monoisotopic (exact) mass is 236 g/mol. The Morgan fingerprint density at radius 3 is 2.47 bits per heavy atom. The van der Waals surface area contributed by atoms with E-state index in [0.717, 1.165) is 24.8 Å². The average Bonchev–Trinajstić information content (AvgIpc) is 2.83. The molecule has 2 aliphatic carbocycles. The lowest BCUT2D eigenvalue weighted by atomic mass is 9.76. The summed E-state index contributed by atoms with van der Waals surface area (Å²) in [6, 6.07) is 0. The van der Waals surface area contributed by atoms with E-state index in [1.807, 2.05) is 0 Å². The Kier molecular flexibility index (Phi) is 2.97. The fourth-order valence-corrected chi connectivity index (χ4v) is 3.24. The van der Waals surface area contributed by atoms with Crippen LogP contribution in [0.3, 0.4) is 0 Å². The number of fused-ring (bicyclic) bond motifs is 1. The van der Waals surface area contributed by atoms with Gasteiger partial charge >= 0.3 is 0 Å². The summed E-state index contributed by atoms with van der Waals surface area (Å²) >= 11 is 0. The molecule has 0 aromatic rings. The van der Waals surface area contributed by atoms with E-state index in [-0.39, 0.29) is 10.8 Å². The number of carbonyl (C=O) groups is 1. The molecule has 0 amide bonds. The van der Waals surface area contributed by atoms with E-state index in [4.69, 9.17) is 0 Å². The van der Waals surface area contributed by atoms with Crippen LogP contribution in [-0.2, 0) is 4.79 Å². The third kappa shape index (κ3) is 2.47. The summed E-state index contributed by atoms with van der Waals surface area (Å²) in [7, 11) is 0. The first kappa shape index (κ1) is 12.8. The second-order valence-electron chi connectivity index (χ2n) is 6.99. The van der Waals surface area contributed by atoms with Crippen LogP contribution in [0, 0.1) is 16.7 Å². The summed E-state index contributed by atoms with van der Waals surface area (Å²) < 4.78 is 0. The number of rotatable bonds is 0. The van der Waals surface area contributed by atoms with Gasteiger partial charge in [0.2, 0.25) is 0 Å². The minimum absolute atomic E-state index is 0.0696. The van der Waals surface area contributed by atoms with Crippen LogP contribution in [0.2, 0.25) is 0 Å². The van der Waals surface area contributed by atoms with Crippen molar-refractivity contribution in [3.05, 3.63) is 12.2 Å². The van der Waals surface area contributed by atoms with Crippen molar-refractivity contribution in [2.24, 2.45) is 16.7 Å². The molecule has 0 saturated heterocycles. The summed E-state index contributed by atoms with van der Waals surface area (Å²) in [5, 5.41) is 10.1. The van der Waals surface area contributed by atoms with Crippen LogP contribution in [-0.4, -0.2) is 17.0 Å². The number of hydrogen-bond acceptors (Lipinski definition) is 2. The van der Waals surface area contributed by atoms with Gasteiger partial charge in [0.1, 0.15) is 5.78 Å². The van der Waals surface area contributed by atoms with E-state index >= 15 is 0 Å². The topological polar surface area (TPSA) is 37.3 Å². The lowest BCUT2D eigenvalue weighted by Crippen LogP contribution is -2.26. The van der Waals surface area contributed by atoms with Gasteiger partial charge in [-0.05, 0) is 42.6 Å². The molecule has 2 saturated carbocycles.